The molecule has 2 heterocycles. The third-order valence-corrected chi connectivity index (χ3v) is 5.37. The Bertz CT molecular complexity index is 600. The first-order valence-corrected chi connectivity index (χ1v) is 8.95. The molecule has 1 unspecified atom stereocenters. The van der Waals surface area contributed by atoms with Crippen LogP contribution in [0.2, 0.25) is 0 Å². The maximum Gasteiger partial charge on any atom is 0.414 e. The molecular formula is C15H19FN2O3S. The van der Waals surface area contributed by atoms with Gasteiger partial charge in [-0.15, -0.1) is 0 Å². The molecule has 0 aromatic heterocycles. The van der Waals surface area contributed by atoms with Crippen LogP contribution in [-0.2, 0) is 15.5 Å². The molecule has 1 aromatic carbocycles. The van der Waals surface area contributed by atoms with Gasteiger partial charge in [0.25, 0.3) is 0 Å². The Labute approximate surface area is 131 Å². The lowest BCUT2D eigenvalue weighted by Crippen LogP contribution is -2.38. The molecule has 0 aliphatic carbocycles. The largest absolute Gasteiger partial charge is 0.444 e. The summed E-state index contributed by atoms with van der Waals surface area (Å²) >= 11 is 0. The smallest absolute Gasteiger partial charge is 0.414 e. The van der Waals surface area contributed by atoms with Gasteiger partial charge in [0.2, 0.25) is 0 Å². The van der Waals surface area contributed by atoms with Gasteiger partial charge in [0, 0.05) is 35.4 Å². The minimum absolute atomic E-state index is 0.132. The molecule has 1 atom stereocenters. The van der Waals surface area contributed by atoms with Crippen molar-refractivity contribution in [3.05, 3.63) is 24.0 Å². The number of hydrogen-bond acceptors (Lipinski definition) is 4. The van der Waals surface area contributed by atoms with Gasteiger partial charge in [0.1, 0.15) is 11.9 Å². The van der Waals surface area contributed by atoms with E-state index in [9.17, 15) is 13.4 Å². The van der Waals surface area contributed by atoms with Crippen molar-refractivity contribution in [1.29, 1.82) is 0 Å². The van der Waals surface area contributed by atoms with Gasteiger partial charge >= 0.3 is 6.09 Å². The third-order valence-electron chi connectivity index (χ3n) is 4.09. The van der Waals surface area contributed by atoms with Gasteiger partial charge in [-0.2, -0.15) is 0 Å². The molecule has 7 heteroatoms. The van der Waals surface area contributed by atoms with Crippen LogP contribution >= 0.6 is 0 Å². The minimum Gasteiger partial charge on any atom is -0.444 e. The molecule has 2 saturated heterocycles. The van der Waals surface area contributed by atoms with Gasteiger partial charge in [-0.1, -0.05) is 6.92 Å². The van der Waals surface area contributed by atoms with Crippen LogP contribution in [0.5, 0.6) is 0 Å². The molecule has 2 fully saturated rings. The van der Waals surface area contributed by atoms with Crippen LogP contribution in [0.15, 0.2) is 18.2 Å². The Balaban J connectivity index is 1.78. The SMILES string of the molecule is CCC1CN(c2ccc(N3CCS(=O)CC3)c(F)c2)C(=O)O1. The number of rotatable bonds is 3. The number of benzene rings is 1. The van der Waals surface area contributed by atoms with Gasteiger partial charge < -0.3 is 9.64 Å². The molecule has 0 N–H and O–H groups in total. The van der Waals surface area contributed by atoms with E-state index in [1.165, 1.54) is 11.0 Å². The van der Waals surface area contributed by atoms with E-state index in [4.69, 9.17) is 4.74 Å². The number of carbonyl (C=O) groups excluding carboxylic acids is 1. The predicted molar refractivity (Wildman–Crippen MR) is 84.4 cm³/mol. The summed E-state index contributed by atoms with van der Waals surface area (Å²) in [6.07, 6.45) is 0.188. The summed E-state index contributed by atoms with van der Waals surface area (Å²) in [7, 11) is -0.791. The lowest BCUT2D eigenvalue weighted by atomic mass is 10.2. The van der Waals surface area contributed by atoms with Crippen molar-refractivity contribution in [2.45, 2.75) is 19.4 Å². The van der Waals surface area contributed by atoms with Crippen LogP contribution < -0.4 is 9.80 Å². The van der Waals surface area contributed by atoms with Crippen molar-refractivity contribution in [3.8, 4) is 0 Å². The van der Waals surface area contributed by atoms with E-state index in [0.29, 0.717) is 42.5 Å². The van der Waals surface area contributed by atoms with Crippen LogP contribution in [-0.4, -0.2) is 47.5 Å². The van der Waals surface area contributed by atoms with Gasteiger partial charge in [0.05, 0.1) is 17.9 Å². The number of nitrogens with zero attached hydrogens (tertiary/aromatic N) is 2. The minimum atomic E-state index is -0.791. The zero-order chi connectivity index (χ0) is 15.7. The van der Waals surface area contributed by atoms with Crippen LogP contribution in [0.25, 0.3) is 0 Å². The monoisotopic (exact) mass is 326 g/mol. The number of amides is 1. The topological polar surface area (TPSA) is 49.9 Å². The maximum absolute atomic E-state index is 14.4. The zero-order valence-electron chi connectivity index (χ0n) is 12.5. The van der Waals surface area contributed by atoms with Crippen molar-refractivity contribution < 1.29 is 18.1 Å². The summed E-state index contributed by atoms with van der Waals surface area (Å²) < 4.78 is 31.0. The third kappa shape index (κ3) is 2.95. The Morgan fingerprint density at radius 3 is 2.68 bits per heavy atom. The van der Waals surface area contributed by atoms with E-state index in [1.807, 2.05) is 11.8 Å². The lowest BCUT2D eigenvalue weighted by molar-refractivity contribution is 0.139. The molecule has 2 aliphatic heterocycles. The first-order chi connectivity index (χ1) is 10.6. The lowest BCUT2D eigenvalue weighted by Gasteiger charge is -2.29. The predicted octanol–water partition coefficient (Wildman–Crippen LogP) is 2.13. The second-order valence-electron chi connectivity index (χ2n) is 5.50. The Hall–Kier alpha value is -1.63. The average molecular weight is 326 g/mol. The van der Waals surface area contributed by atoms with Crippen molar-refractivity contribution >= 4 is 28.3 Å². The highest BCUT2D eigenvalue weighted by Gasteiger charge is 2.31. The summed E-state index contributed by atoms with van der Waals surface area (Å²) in [5.41, 5.74) is 1.02. The molecule has 1 aromatic rings. The first-order valence-electron chi connectivity index (χ1n) is 7.46. The van der Waals surface area contributed by atoms with Crippen LogP contribution in [0.3, 0.4) is 0 Å². The van der Waals surface area contributed by atoms with Crippen molar-refractivity contribution in [2.24, 2.45) is 0 Å². The molecule has 120 valence electrons. The quantitative estimate of drug-likeness (QED) is 0.854. The van der Waals surface area contributed by atoms with Crippen LogP contribution in [0.1, 0.15) is 13.3 Å². The molecule has 0 bridgehead atoms. The Morgan fingerprint density at radius 2 is 2.09 bits per heavy atom. The highest BCUT2D eigenvalue weighted by atomic mass is 32.2. The van der Waals surface area contributed by atoms with Gasteiger partial charge in [-0.25, -0.2) is 9.18 Å². The number of hydrogen-bond donors (Lipinski definition) is 0. The summed E-state index contributed by atoms with van der Waals surface area (Å²) in [6, 6.07) is 4.80. The van der Waals surface area contributed by atoms with E-state index in [2.05, 4.69) is 0 Å². The molecule has 2 aliphatic rings. The highest BCUT2D eigenvalue weighted by molar-refractivity contribution is 7.85. The molecule has 5 nitrogen and oxygen atoms in total. The van der Waals surface area contributed by atoms with Crippen LogP contribution in [0, 0.1) is 5.82 Å². The van der Waals surface area contributed by atoms with E-state index >= 15 is 0 Å². The molecule has 0 spiro atoms. The number of halogens is 1. The van der Waals surface area contributed by atoms with Crippen LogP contribution in [0.4, 0.5) is 20.6 Å². The molecule has 22 heavy (non-hydrogen) atoms. The summed E-state index contributed by atoms with van der Waals surface area (Å²) in [4.78, 5) is 15.2. The zero-order valence-corrected chi connectivity index (χ0v) is 13.3. The molecule has 3 rings (SSSR count). The second kappa shape index (κ2) is 6.24. The van der Waals surface area contributed by atoms with Crippen molar-refractivity contribution in [3.63, 3.8) is 0 Å². The fourth-order valence-electron chi connectivity index (χ4n) is 2.74. The molecule has 0 radical (unpaired) electrons. The summed E-state index contributed by atoms with van der Waals surface area (Å²) in [5, 5.41) is 0. The fraction of sp³-hybridized carbons (Fsp3) is 0.533. The number of ether oxygens (including phenoxy) is 1. The van der Waals surface area contributed by atoms with E-state index in [-0.39, 0.29) is 11.9 Å². The molecule has 0 saturated carbocycles. The van der Waals surface area contributed by atoms with Crippen molar-refractivity contribution in [1.82, 2.24) is 0 Å². The Kier molecular flexibility index (Phi) is 4.33. The van der Waals surface area contributed by atoms with E-state index < -0.39 is 16.9 Å². The van der Waals surface area contributed by atoms with Gasteiger partial charge in [0.15, 0.2) is 0 Å². The second-order valence-corrected chi connectivity index (χ2v) is 7.19. The van der Waals surface area contributed by atoms with Gasteiger partial charge in [-0.05, 0) is 24.6 Å². The van der Waals surface area contributed by atoms with Crippen molar-refractivity contribution in [2.75, 3.05) is 40.9 Å². The van der Waals surface area contributed by atoms with E-state index in [0.717, 1.165) is 6.42 Å². The molecular weight excluding hydrogens is 307 g/mol. The van der Waals surface area contributed by atoms with E-state index in [1.54, 1.807) is 12.1 Å². The average Bonchev–Trinajstić information content (AvgIpc) is 2.89. The Morgan fingerprint density at radius 1 is 1.36 bits per heavy atom. The van der Waals surface area contributed by atoms with Gasteiger partial charge in [-0.3, -0.25) is 9.11 Å². The maximum atomic E-state index is 14.4. The standard InChI is InChI=1S/C15H19FN2O3S/c1-2-12-10-18(15(19)21-12)11-3-4-14(13(16)9-11)17-5-7-22(20)8-6-17/h3-4,9,12H,2,5-8,10H2,1H3. The summed E-state index contributed by atoms with van der Waals surface area (Å²) in [6.45, 7) is 3.58. The fourth-order valence-corrected chi connectivity index (χ4v) is 3.80. The first kappa shape index (κ1) is 15.3. The normalized spacial score (nSPS) is 23.0. The number of anilines is 2. The highest BCUT2D eigenvalue weighted by Crippen LogP contribution is 2.28. The number of carbonyl (C=O) groups is 1. The number of cyclic esters (lactones) is 1. The summed E-state index contributed by atoms with van der Waals surface area (Å²) in [5.74, 6) is 0.772. The molecule has 1 amide bonds.